The Morgan fingerprint density at radius 2 is 1.70 bits per heavy atom. The molecule has 0 saturated heterocycles. The van der Waals surface area contributed by atoms with E-state index in [4.69, 9.17) is 22.3 Å². The number of hydrogen-bond donors (Lipinski definition) is 2. The molecule has 1 heterocycles. The third-order valence-corrected chi connectivity index (χ3v) is 5.31. The van der Waals surface area contributed by atoms with Gasteiger partial charge in [0.05, 0.1) is 11.4 Å². The molecule has 4 nitrogen and oxygen atoms in total. The zero-order valence-corrected chi connectivity index (χ0v) is 18.7. The third kappa shape index (κ3) is 4.89. The van der Waals surface area contributed by atoms with Crippen LogP contribution in [0.3, 0.4) is 0 Å². The van der Waals surface area contributed by atoms with Crippen LogP contribution in [0, 0.1) is 19.8 Å². The highest BCUT2D eigenvalue weighted by atomic mass is 35.5. The fourth-order valence-corrected chi connectivity index (χ4v) is 3.68. The first-order valence-electron chi connectivity index (χ1n) is 10.2. The summed E-state index contributed by atoms with van der Waals surface area (Å²) in [6, 6.07) is 15.1. The Kier molecular flexibility index (Phi) is 6.91. The number of nitrogens with zero attached hydrogens (tertiary/aromatic N) is 1. The van der Waals surface area contributed by atoms with Gasteiger partial charge >= 0.3 is 0 Å². The first kappa shape index (κ1) is 22.0. The summed E-state index contributed by atoms with van der Waals surface area (Å²) in [5.74, 6) is 0.243. The fraction of sp³-hybridized carbons (Fsp3) is 0.280. The molecule has 3 aromatic rings. The lowest BCUT2D eigenvalue weighted by Crippen LogP contribution is -2.18. The lowest BCUT2D eigenvalue weighted by molar-refractivity contribution is 0.102. The van der Waals surface area contributed by atoms with Gasteiger partial charge in [-0.05, 0) is 61.6 Å². The molecule has 0 spiro atoms. The molecule has 0 atom stereocenters. The van der Waals surface area contributed by atoms with Crippen LogP contribution in [0.5, 0.6) is 0 Å². The lowest BCUT2D eigenvalue weighted by atomic mass is 9.92. The molecule has 5 heteroatoms. The average molecular weight is 422 g/mol. The summed E-state index contributed by atoms with van der Waals surface area (Å²) in [7, 11) is 0. The Labute approximate surface area is 183 Å². The van der Waals surface area contributed by atoms with Crippen molar-refractivity contribution in [3.05, 3.63) is 81.6 Å². The highest BCUT2D eigenvalue weighted by Crippen LogP contribution is 2.36. The second kappa shape index (κ2) is 9.41. The number of aryl methyl sites for hydroxylation is 2. The molecule has 0 unspecified atom stereocenters. The van der Waals surface area contributed by atoms with E-state index in [-0.39, 0.29) is 5.91 Å². The van der Waals surface area contributed by atoms with Gasteiger partial charge in [0.1, 0.15) is 0 Å². The molecule has 0 fully saturated rings. The van der Waals surface area contributed by atoms with Gasteiger partial charge in [0.2, 0.25) is 0 Å². The van der Waals surface area contributed by atoms with E-state index in [1.807, 2.05) is 6.92 Å². The van der Waals surface area contributed by atoms with Crippen molar-refractivity contribution in [1.82, 2.24) is 4.98 Å². The van der Waals surface area contributed by atoms with Gasteiger partial charge in [-0.3, -0.25) is 9.78 Å². The van der Waals surface area contributed by atoms with Crippen LogP contribution in [0.2, 0.25) is 5.02 Å². The van der Waals surface area contributed by atoms with Crippen molar-refractivity contribution in [2.24, 2.45) is 11.7 Å². The number of amides is 1. The van der Waals surface area contributed by atoms with Crippen LogP contribution in [0.15, 0.2) is 48.5 Å². The fourth-order valence-electron chi connectivity index (χ4n) is 3.56. The van der Waals surface area contributed by atoms with Gasteiger partial charge in [0, 0.05) is 28.4 Å². The Morgan fingerprint density at radius 3 is 2.27 bits per heavy atom. The number of anilines is 1. The minimum atomic E-state index is -0.204. The molecular formula is C25H28ClN3O. The van der Waals surface area contributed by atoms with Gasteiger partial charge in [-0.1, -0.05) is 55.3 Å². The largest absolute Gasteiger partial charge is 0.326 e. The summed E-state index contributed by atoms with van der Waals surface area (Å²) >= 11 is 5.96. The molecule has 0 bridgehead atoms. The van der Waals surface area contributed by atoms with Crippen molar-refractivity contribution in [2.45, 2.75) is 40.7 Å². The molecule has 1 aromatic heterocycles. The second-order valence-electron chi connectivity index (χ2n) is 8.00. The van der Waals surface area contributed by atoms with E-state index in [1.54, 1.807) is 24.3 Å². The van der Waals surface area contributed by atoms with Gasteiger partial charge < -0.3 is 11.1 Å². The van der Waals surface area contributed by atoms with Gasteiger partial charge in [-0.25, -0.2) is 0 Å². The minimum absolute atomic E-state index is 0.204. The number of carbonyl (C=O) groups excluding carboxylic acids is 1. The zero-order chi connectivity index (χ0) is 21.8. The molecule has 1 amide bonds. The smallest absolute Gasteiger partial charge is 0.255 e. The van der Waals surface area contributed by atoms with Crippen LogP contribution in [0.4, 0.5) is 5.69 Å². The van der Waals surface area contributed by atoms with Gasteiger partial charge in [-0.2, -0.15) is 0 Å². The van der Waals surface area contributed by atoms with Crippen LogP contribution in [-0.2, 0) is 13.0 Å². The number of nitrogens with one attached hydrogen (secondary N) is 1. The quantitative estimate of drug-likeness (QED) is 0.518. The molecule has 0 aliphatic rings. The van der Waals surface area contributed by atoms with Crippen molar-refractivity contribution in [2.75, 3.05) is 5.32 Å². The predicted molar refractivity (Wildman–Crippen MR) is 125 cm³/mol. The molecule has 0 radical (unpaired) electrons. The molecule has 156 valence electrons. The van der Waals surface area contributed by atoms with E-state index in [2.05, 4.69) is 50.4 Å². The van der Waals surface area contributed by atoms with E-state index in [9.17, 15) is 4.79 Å². The summed E-state index contributed by atoms with van der Waals surface area (Å²) in [5.41, 5.74) is 13.3. The molecule has 0 saturated carbocycles. The lowest BCUT2D eigenvalue weighted by Gasteiger charge is -2.21. The predicted octanol–water partition coefficient (Wildman–Crippen LogP) is 5.93. The maximum absolute atomic E-state index is 13.0. The molecule has 30 heavy (non-hydrogen) atoms. The summed E-state index contributed by atoms with van der Waals surface area (Å²) in [4.78, 5) is 17.8. The Balaban J connectivity index is 2.16. The topological polar surface area (TPSA) is 68.0 Å². The summed E-state index contributed by atoms with van der Waals surface area (Å²) < 4.78 is 0. The van der Waals surface area contributed by atoms with Crippen molar-refractivity contribution < 1.29 is 4.79 Å². The van der Waals surface area contributed by atoms with E-state index in [1.165, 1.54) is 5.56 Å². The van der Waals surface area contributed by atoms with E-state index in [0.717, 1.165) is 34.5 Å². The molecule has 3 rings (SSSR count). The molecule has 0 aliphatic heterocycles. The number of carbonyl (C=O) groups is 1. The Morgan fingerprint density at radius 1 is 1.07 bits per heavy atom. The summed E-state index contributed by atoms with van der Waals surface area (Å²) in [5, 5.41) is 3.67. The Bertz CT molecular complexity index is 1040. The van der Waals surface area contributed by atoms with Crippen LogP contribution in [0.25, 0.3) is 11.1 Å². The number of pyridine rings is 1. The van der Waals surface area contributed by atoms with Crippen LogP contribution >= 0.6 is 11.6 Å². The second-order valence-corrected chi connectivity index (χ2v) is 8.44. The SMILES string of the molecule is Cc1ccc(-c2c(CN)c(CC(C)C)nc(C)c2NC(=O)c2ccc(Cl)cc2)cc1. The number of benzene rings is 2. The van der Waals surface area contributed by atoms with E-state index in [0.29, 0.717) is 28.7 Å². The molecule has 3 N–H and O–H groups in total. The van der Waals surface area contributed by atoms with E-state index < -0.39 is 0 Å². The van der Waals surface area contributed by atoms with Crippen LogP contribution in [0.1, 0.15) is 46.7 Å². The number of rotatable bonds is 6. The first-order valence-corrected chi connectivity index (χ1v) is 10.5. The standard InChI is InChI=1S/C25H28ClN3O/c1-15(2)13-22-21(14-27)23(18-7-5-16(3)6-8-18)24(17(4)28-22)29-25(30)19-9-11-20(26)12-10-19/h5-12,15H,13-14,27H2,1-4H3,(H,29,30). The highest BCUT2D eigenvalue weighted by Gasteiger charge is 2.21. The minimum Gasteiger partial charge on any atom is -0.326 e. The highest BCUT2D eigenvalue weighted by molar-refractivity contribution is 6.30. The normalized spacial score (nSPS) is 11.0. The van der Waals surface area contributed by atoms with Gasteiger partial charge in [0.25, 0.3) is 5.91 Å². The first-order chi connectivity index (χ1) is 14.3. The molecule has 0 aliphatic carbocycles. The van der Waals surface area contributed by atoms with Crippen LogP contribution in [-0.4, -0.2) is 10.9 Å². The Hall–Kier alpha value is -2.69. The monoisotopic (exact) mass is 421 g/mol. The summed E-state index contributed by atoms with van der Waals surface area (Å²) in [6.07, 6.45) is 0.831. The van der Waals surface area contributed by atoms with Gasteiger partial charge in [0.15, 0.2) is 0 Å². The van der Waals surface area contributed by atoms with Crippen molar-refractivity contribution in [1.29, 1.82) is 0 Å². The maximum Gasteiger partial charge on any atom is 0.255 e. The maximum atomic E-state index is 13.0. The third-order valence-electron chi connectivity index (χ3n) is 5.06. The van der Waals surface area contributed by atoms with Gasteiger partial charge in [-0.15, -0.1) is 0 Å². The number of aromatic nitrogens is 1. The number of halogens is 1. The van der Waals surface area contributed by atoms with Crippen LogP contribution < -0.4 is 11.1 Å². The molecular weight excluding hydrogens is 394 g/mol. The molecule has 2 aromatic carbocycles. The number of hydrogen-bond acceptors (Lipinski definition) is 3. The van der Waals surface area contributed by atoms with Crippen molar-refractivity contribution in [3.8, 4) is 11.1 Å². The average Bonchev–Trinajstić information content (AvgIpc) is 2.70. The van der Waals surface area contributed by atoms with Crippen molar-refractivity contribution >= 4 is 23.2 Å². The van der Waals surface area contributed by atoms with Crippen molar-refractivity contribution in [3.63, 3.8) is 0 Å². The summed E-state index contributed by atoms with van der Waals surface area (Å²) in [6.45, 7) is 8.67. The van der Waals surface area contributed by atoms with E-state index >= 15 is 0 Å². The number of nitrogens with two attached hydrogens (primary N) is 1. The zero-order valence-electron chi connectivity index (χ0n) is 17.9.